The number of furan rings is 1. The van der Waals surface area contributed by atoms with Crippen LogP contribution in [-0.2, 0) is 6.42 Å². The van der Waals surface area contributed by atoms with Gasteiger partial charge in [-0.1, -0.05) is 133 Å². The molecule has 0 aliphatic heterocycles. The van der Waals surface area contributed by atoms with Gasteiger partial charge in [-0.05, 0) is 94.4 Å². The predicted molar refractivity (Wildman–Crippen MR) is 256 cm³/mol. The number of hydrogen-bond donors (Lipinski definition) is 0. The minimum absolute atomic E-state index is 0.723. The summed E-state index contributed by atoms with van der Waals surface area (Å²) in [5.41, 5.74) is 16.1. The lowest BCUT2D eigenvalue weighted by molar-refractivity contribution is 0.564. The van der Waals surface area contributed by atoms with Gasteiger partial charge in [-0.25, -0.2) is 9.97 Å². The molecule has 0 amide bonds. The molecule has 1 aliphatic carbocycles. The monoisotopic (exact) mass is 792 g/mol. The molecule has 1 aliphatic rings. The molecule has 0 saturated heterocycles. The highest BCUT2D eigenvalue weighted by Gasteiger charge is 2.21. The van der Waals surface area contributed by atoms with Gasteiger partial charge in [0.2, 0.25) is 0 Å². The molecule has 0 saturated carbocycles. The summed E-state index contributed by atoms with van der Waals surface area (Å²) < 4.78 is 11.3. The molecule has 0 atom stereocenters. The van der Waals surface area contributed by atoms with Crippen molar-refractivity contribution in [2.45, 2.75) is 6.42 Å². The highest BCUT2D eigenvalue weighted by molar-refractivity contribution is 6.14. The Morgan fingerprint density at radius 2 is 1.10 bits per heavy atom. The Kier molecular flexibility index (Phi) is 7.60. The second kappa shape index (κ2) is 13.6. The van der Waals surface area contributed by atoms with E-state index in [2.05, 4.69) is 208 Å². The molecule has 0 unspecified atom stereocenters. The van der Waals surface area contributed by atoms with E-state index < -0.39 is 0 Å². The molecule has 0 N–H and O–H groups in total. The van der Waals surface area contributed by atoms with Crippen LogP contribution in [-0.4, -0.2) is 19.1 Å². The van der Waals surface area contributed by atoms with Gasteiger partial charge in [0.15, 0.2) is 5.58 Å². The van der Waals surface area contributed by atoms with Crippen LogP contribution in [0.2, 0.25) is 0 Å². The van der Waals surface area contributed by atoms with Crippen molar-refractivity contribution < 1.29 is 4.42 Å². The topological polar surface area (TPSA) is 48.8 Å². The number of fused-ring (bicyclic) bond motifs is 10. The third-order valence-electron chi connectivity index (χ3n) is 12.7. The Bertz CT molecular complexity index is 3840. The first-order valence-corrected chi connectivity index (χ1v) is 21.1. The maximum absolute atomic E-state index is 6.45. The second-order valence-electron chi connectivity index (χ2n) is 16.1. The lowest BCUT2D eigenvalue weighted by atomic mass is 9.95. The van der Waals surface area contributed by atoms with Gasteiger partial charge in [0, 0.05) is 50.2 Å². The highest BCUT2D eigenvalue weighted by atomic mass is 16.3. The number of hydrogen-bond acceptors (Lipinski definition) is 3. The van der Waals surface area contributed by atoms with Crippen LogP contribution in [0, 0.1) is 0 Å². The van der Waals surface area contributed by atoms with E-state index in [1.807, 2.05) is 6.08 Å². The van der Waals surface area contributed by atoms with Gasteiger partial charge in [-0.2, -0.15) is 0 Å². The summed E-state index contributed by atoms with van der Waals surface area (Å²) in [5, 5.41) is 7.31. The minimum Gasteiger partial charge on any atom is -0.456 e. The van der Waals surface area contributed by atoms with Crippen molar-refractivity contribution in [3.05, 3.63) is 212 Å². The molecule has 5 nitrogen and oxygen atoms in total. The van der Waals surface area contributed by atoms with Crippen LogP contribution in [0.4, 0.5) is 0 Å². The van der Waals surface area contributed by atoms with Gasteiger partial charge < -0.3 is 13.6 Å². The van der Waals surface area contributed by atoms with Crippen LogP contribution < -0.4 is 0 Å². The molecule has 290 valence electrons. The van der Waals surface area contributed by atoms with Crippen molar-refractivity contribution in [3.63, 3.8) is 0 Å². The van der Waals surface area contributed by atoms with Crippen molar-refractivity contribution in [2.75, 3.05) is 0 Å². The van der Waals surface area contributed by atoms with E-state index in [0.29, 0.717) is 0 Å². The second-order valence-corrected chi connectivity index (χ2v) is 16.1. The number of allylic oxidation sites excluding steroid dienone is 3. The van der Waals surface area contributed by atoms with Crippen LogP contribution in [0.1, 0.15) is 11.3 Å². The number of aromatic nitrogens is 4. The molecule has 62 heavy (non-hydrogen) atoms. The van der Waals surface area contributed by atoms with Gasteiger partial charge in [-0.3, -0.25) is 0 Å². The maximum Gasteiger partial charge on any atom is 0.179 e. The zero-order valence-electron chi connectivity index (χ0n) is 33.5. The number of para-hydroxylation sites is 3. The lowest BCUT2D eigenvalue weighted by Crippen LogP contribution is -1.96. The quantitative estimate of drug-likeness (QED) is 0.174. The fraction of sp³-hybridized carbons (Fsp3) is 0.0175. The van der Waals surface area contributed by atoms with E-state index in [1.165, 1.54) is 65.5 Å². The van der Waals surface area contributed by atoms with E-state index in [9.17, 15) is 0 Å². The molecule has 4 heterocycles. The van der Waals surface area contributed by atoms with Crippen molar-refractivity contribution in [1.82, 2.24) is 19.1 Å². The zero-order chi connectivity index (χ0) is 40.7. The third-order valence-corrected chi connectivity index (χ3v) is 12.7. The van der Waals surface area contributed by atoms with Crippen LogP contribution in [0.25, 0.3) is 116 Å². The summed E-state index contributed by atoms with van der Waals surface area (Å²) >= 11 is 0. The van der Waals surface area contributed by atoms with Crippen LogP contribution in [0.3, 0.4) is 0 Å². The fourth-order valence-corrected chi connectivity index (χ4v) is 9.90. The largest absolute Gasteiger partial charge is 0.456 e. The third kappa shape index (κ3) is 5.22. The Morgan fingerprint density at radius 1 is 0.452 bits per heavy atom. The van der Waals surface area contributed by atoms with Crippen molar-refractivity contribution in [3.8, 4) is 44.9 Å². The average Bonchev–Trinajstić information content (AvgIpc) is 3.91. The summed E-state index contributed by atoms with van der Waals surface area (Å²) in [4.78, 5) is 9.40. The number of benzene rings is 8. The van der Waals surface area contributed by atoms with Crippen molar-refractivity contribution in [1.29, 1.82) is 0 Å². The molecule has 4 aromatic heterocycles. The number of nitrogens with zero attached hydrogens (tertiary/aromatic N) is 4. The molecular weight excluding hydrogens is 757 g/mol. The Hall–Kier alpha value is -8.28. The molecule has 5 heteroatoms. The number of rotatable bonds is 5. The summed E-state index contributed by atoms with van der Waals surface area (Å²) in [5.74, 6) is 0.913. The summed E-state index contributed by atoms with van der Waals surface area (Å²) in [6.07, 6.45) is 10.7. The molecule has 0 bridgehead atoms. The zero-order valence-corrected chi connectivity index (χ0v) is 33.5. The molecule has 0 spiro atoms. The van der Waals surface area contributed by atoms with E-state index in [1.54, 1.807) is 6.33 Å². The highest BCUT2D eigenvalue weighted by Crippen LogP contribution is 2.41. The van der Waals surface area contributed by atoms with Crippen LogP contribution in [0.5, 0.6) is 0 Å². The first kappa shape index (κ1) is 34.6. The minimum atomic E-state index is 0.723. The Balaban J connectivity index is 0.937. The molecule has 0 radical (unpaired) electrons. The van der Waals surface area contributed by atoms with Crippen molar-refractivity contribution >= 4 is 71.6 Å². The van der Waals surface area contributed by atoms with Gasteiger partial charge in [-0.15, -0.1) is 0 Å². The summed E-state index contributed by atoms with van der Waals surface area (Å²) in [6.45, 7) is 0. The summed E-state index contributed by atoms with van der Waals surface area (Å²) in [7, 11) is 0. The Labute approximate surface area is 356 Å². The van der Waals surface area contributed by atoms with E-state index in [-0.39, 0.29) is 0 Å². The van der Waals surface area contributed by atoms with Gasteiger partial charge in [0.05, 0.1) is 27.8 Å². The molecule has 8 aromatic carbocycles. The predicted octanol–water partition coefficient (Wildman–Crippen LogP) is 14.7. The molecule has 12 aromatic rings. The normalized spacial score (nSPS) is 12.6. The van der Waals surface area contributed by atoms with Gasteiger partial charge in [0.25, 0.3) is 0 Å². The van der Waals surface area contributed by atoms with Gasteiger partial charge in [0.1, 0.15) is 23.3 Å². The fourth-order valence-electron chi connectivity index (χ4n) is 9.90. The first-order valence-electron chi connectivity index (χ1n) is 21.1. The average molecular weight is 793 g/mol. The van der Waals surface area contributed by atoms with E-state index in [0.717, 1.165) is 62.6 Å². The maximum atomic E-state index is 6.45. The van der Waals surface area contributed by atoms with E-state index >= 15 is 0 Å². The molecule has 0 fully saturated rings. The van der Waals surface area contributed by atoms with Gasteiger partial charge >= 0.3 is 0 Å². The molecule has 13 rings (SSSR count). The Morgan fingerprint density at radius 3 is 1.90 bits per heavy atom. The first-order chi connectivity index (χ1) is 30.8. The smallest absolute Gasteiger partial charge is 0.179 e. The van der Waals surface area contributed by atoms with Crippen LogP contribution in [0.15, 0.2) is 205 Å². The van der Waals surface area contributed by atoms with E-state index in [4.69, 9.17) is 9.40 Å². The molecular formula is C57H36N4O. The summed E-state index contributed by atoms with van der Waals surface area (Å²) in [6, 6.07) is 64.0. The van der Waals surface area contributed by atoms with Crippen LogP contribution >= 0.6 is 0 Å². The van der Waals surface area contributed by atoms with Crippen molar-refractivity contribution in [2.24, 2.45) is 0 Å². The standard InChI is InChI=1S/C57H36N4O/c1-3-16-40(17-4-1)60-49-24-9-7-18-44(49)47-33-36(28-30-52(47)60)37-29-31-53-48(34-37)45-19-8-10-25-50(45)61(53)51-26-13-22-42-41(21-12-23-43(42)51)38-14-11-15-39(32-38)55-57-56(59-35-58-55)46-20-5-2-6-27-54(46)62-57/h1-26,28-35H,27H2. The SMILES string of the molecule is C1=CCc2oc3c(-c4cccc(-c5cccc6c(-n7c8ccccc8c8cc(-c9ccc%10c(c9)c9ccccc9n%10-c9ccccc9)ccc87)cccc56)c4)ncnc3c2C=C1. The lowest BCUT2D eigenvalue weighted by Gasteiger charge is -2.15.